The van der Waals surface area contributed by atoms with Crippen molar-refractivity contribution in [2.24, 2.45) is 5.84 Å². The average Bonchev–Trinajstić information content (AvgIpc) is 3.09. The van der Waals surface area contributed by atoms with Gasteiger partial charge in [-0.25, -0.2) is 20.8 Å². The molecule has 2 aromatic rings. The number of aliphatic hydroxyl groups is 3. The van der Waals surface area contributed by atoms with Crippen LogP contribution >= 0.6 is 0 Å². The summed E-state index contributed by atoms with van der Waals surface area (Å²) in [5, 5.41) is 31.2. The van der Waals surface area contributed by atoms with Gasteiger partial charge in [0.05, 0.1) is 17.6 Å². The number of carbonyl (C=O) groups excluding carboxylic acids is 1. The molecule has 1 fully saturated rings. The predicted molar refractivity (Wildman–Crippen MR) is 88.5 cm³/mol. The zero-order valence-corrected chi connectivity index (χ0v) is 13.8. The quantitative estimate of drug-likeness (QED) is 0.100. The van der Waals surface area contributed by atoms with Crippen LogP contribution in [-0.2, 0) is 9.53 Å². The van der Waals surface area contributed by atoms with Crippen molar-refractivity contribution in [3.8, 4) is 12.0 Å². The third kappa shape index (κ3) is 2.75. The summed E-state index contributed by atoms with van der Waals surface area (Å²) < 4.78 is 7.05. The van der Waals surface area contributed by atoms with Gasteiger partial charge >= 0.3 is 0 Å². The molecule has 26 heavy (non-hydrogen) atoms. The molecule has 11 nitrogen and oxygen atoms in total. The highest BCUT2D eigenvalue weighted by Gasteiger charge is 2.53. The number of fused-ring (bicyclic) bond motifs is 1. The number of hydrazine groups is 1. The summed E-state index contributed by atoms with van der Waals surface area (Å²) in [6.45, 7) is 0.909. The van der Waals surface area contributed by atoms with Gasteiger partial charge in [0, 0.05) is 12.2 Å². The maximum Gasteiger partial charge on any atom is 0.235 e. The number of rotatable bonds is 3. The van der Waals surface area contributed by atoms with Gasteiger partial charge in [-0.05, 0) is 12.8 Å². The van der Waals surface area contributed by atoms with Crippen molar-refractivity contribution >= 4 is 23.3 Å². The zero-order chi connectivity index (χ0) is 19.1. The van der Waals surface area contributed by atoms with Gasteiger partial charge in [-0.1, -0.05) is 0 Å². The third-order valence-electron chi connectivity index (χ3n) is 4.26. The molecular weight excluding hydrogens is 344 g/mol. The lowest BCUT2D eigenvalue weighted by molar-refractivity contribution is -0.115. The summed E-state index contributed by atoms with van der Waals surface area (Å²) in [5.41, 5.74) is 4.84. The smallest absolute Gasteiger partial charge is 0.235 e. The zero-order valence-electron chi connectivity index (χ0n) is 13.8. The maximum atomic E-state index is 10.7. The molecule has 7 N–H and O–H groups in total. The summed E-state index contributed by atoms with van der Waals surface area (Å²) >= 11 is 0. The van der Waals surface area contributed by atoms with Crippen LogP contribution < -0.4 is 11.6 Å². The highest BCUT2D eigenvalue weighted by Crippen LogP contribution is 2.40. The minimum Gasteiger partial charge on any atom is -0.394 e. The summed E-state index contributed by atoms with van der Waals surface area (Å²) in [6.07, 6.45) is -0.307. The number of ether oxygens (including phenoxy) is 1. The molecule has 11 heteroatoms. The summed E-state index contributed by atoms with van der Waals surface area (Å²) in [4.78, 5) is 18.7. The summed E-state index contributed by atoms with van der Waals surface area (Å²) in [5.74, 6) is 8.13. The van der Waals surface area contributed by atoms with Crippen molar-refractivity contribution in [3.63, 3.8) is 0 Å². The molecule has 0 radical (unpaired) electrons. The molecule has 1 aliphatic heterocycles. The average molecular weight is 362 g/mol. The minimum absolute atomic E-state index is 0.129. The number of amides is 1. The maximum absolute atomic E-state index is 10.7. The second-order valence-corrected chi connectivity index (χ2v) is 6.04. The van der Waals surface area contributed by atoms with Crippen LogP contribution in [0.3, 0.4) is 0 Å². The molecule has 0 bridgehead atoms. The fourth-order valence-corrected chi connectivity index (χ4v) is 2.92. The molecule has 4 atom stereocenters. The SMILES string of the molecule is C[C@@]1(O)[C@H](O)[C@@H](CO)O[C@H]1n1cc(C#CN(N)C=O)c2c(N)ncnc21. The van der Waals surface area contributed by atoms with Gasteiger partial charge in [-0.2, -0.15) is 0 Å². The Hall–Kier alpha value is -2.75. The number of carbonyl (C=O) groups is 1. The van der Waals surface area contributed by atoms with E-state index in [9.17, 15) is 20.1 Å². The van der Waals surface area contributed by atoms with Crippen molar-refractivity contribution in [1.82, 2.24) is 19.5 Å². The molecule has 2 aromatic heterocycles. The van der Waals surface area contributed by atoms with Gasteiger partial charge in [-0.15, -0.1) is 0 Å². The molecule has 0 saturated carbocycles. The second kappa shape index (κ2) is 6.52. The monoisotopic (exact) mass is 362 g/mol. The van der Waals surface area contributed by atoms with Crippen LogP contribution in [0, 0.1) is 12.0 Å². The van der Waals surface area contributed by atoms with Crippen molar-refractivity contribution in [3.05, 3.63) is 18.1 Å². The number of nitrogens with zero attached hydrogens (tertiary/aromatic N) is 4. The van der Waals surface area contributed by atoms with Crippen molar-refractivity contribution in [1.29, 1.82) is 0 Å². The first-order valence-electron chi connectivity index (χ1n) is 7.60. The van der Waals surface area contributed by atoms with Crippen molar-refractivity contribution in [2.45, 2.75) is 31.0 Å². The number of hydrogen-bond donors (Lipinski definition) is 5. The van der Waals surface area contributed by atoms with Gasteiger partial charge < -0.3 is 30.4 Å². The Morgan fingerprint density at radius 1 is 1.54 bits per heavy atom. The van der Waals surface area contributed by atoms with Gasteiger partial charge in [-0.3, -0.25) is 4.79 Å². The molecule has 0 aromatic carbocycles. The number of hydrogen-bond acceptors (Lipinski definition) is 9. The van der Waals surface area contributed by atoms with Crippen LogP contribution in [-0.4, -0.2) is 65.7 Å². The number of aliphatic hydroxyl groups excluding tert-OH is 2. The number of aromatic nitrogens is 3. The molecule has 138 valence electrons. The van der Waals surface area contributed by atoms with Crippen LogP contribution in [0.5, 0.6) is 0 Å². The molecule has 1 saturated heterocycles. The molecule has 3 rings (SSSR count). The van der Waals surface area contributed by atoms with Crippen LogP contribution in [0.4, 0.5) is 5.82 Å². The van der Waals surface area contributed by atoms with Crippen molar-refractivity contribution in [2.75, 3.05) is 12.3 Å². The Kier molecular flexibility index (Phi) is 4.53. The molecule has 1 amide bonds. The van der Waals surface area contributed by atoms with Crippen molar-refractivity contribution < 1.29 is 24.9 Å². The summed E-state index contributed by atoms with van der Waals surface area (Å²) in [7, 11) is 0. The lowest BCUT2D eigenvalue weighted by atomic mass is 9.96. The molecule has 0 spiro atoms. The molecule has 1 aliphatic rings. The number of nitrogen functional groups attached to an aromatic ring is 1. The standard InChI is InChI=1S/C15H18N6O5/c1-15(25)11(24)9(5-22)26-14(15)21-4-8(2-3-20(17)7-23)10-12(16)18-6-19-13(10)21/h4,6-7,9,11,14,22,24-25H,5,17H2,1H3,(H2,16,18,19)/t9-,11-,14-,15-/m1/s1. The molecule has 3 heterocycles. The topological polar surface area (TPSA) is 173 Å². The lowest BCUT2D eigenvalue weighted by Crippen LogP contribution is -2.44. The number of anilines is 1. The first kappa shape index (κ1) is 18.1. The van der Waals surface area contributed by atoms with Gasteiger partial charge in [0.1, 0.15) is 35.6 Å². The predicted octanol–water partition coefficient (Wildman–Crippen LogP) is -2.34. The van der Waals surface area contributed by atoms with E-state index in [0.29, 0.717) is 28.0 Å². The van der Waals surface area contributed by atoms with E-state index in [0.717, 1.165) is 0 Å². The lowest BCUT2D eigenvalue weighted by Gasteiger charge is -2.27. The van der Waals surface area contributed by atoms with Crippen LogP contribution in [0.2, 0.25) is 0 Å². The van der Waals surface area contributed by atoms with Crippen LogP contribution in [0.15, 0.2) is 12.5 Å². The Balaban J connectivity index is 2.17. The first-order chi connectivity index (χ1) is 12.3. The van der Waals surface area contributed by atoms with E-state index < -0.39 is 30.6 Å². The second-order valence-electron chi connectivity index (χ2n) is 6.04. The Labute approximate surface area is 147 Å². The minimum atomic E-state index is -1.72. The molecule has 0 aliphatic carbocycles. The van der Waals surface area contributed by atoms with E-state index >= 15 is 0 Å². The normalized spacial score (nSPS) is 28.0. The fourth-order valence-electron chi connectivity index (χ4n) is 2.92. The third-order valence-corrected chi connectivity index (χ3v) is 4.26. The van der Waals surface area contributed by atoms with E-state index in [1.165, 1.54) is 24.0 Å². The van der Waals surface area contributed by atoms with E-state index in [-0.39, 0.29) is 5.82 Å². The number of nitrogens with two attached hydrogens (primary N) is 2. The molecular formula is C15H18N6O5. The molecule has 0 unspecified atom stereocenters. The summed E-state index contributed by atoms with van der Waals surface area (Å²) in [6, 6.07) is 2.40. The highest BCUT2D eigenvalue weighted by molar-refractivity contribution is 5.92. The van der Waals surface area contributed by atoms with E-state index in [2.05, 4.69) is 21.9 Å². The largest absolute Gasteiger partial charge is 0.394 e. The first-order valence-corrected chi connectivity index (χ1v) is 7.60. The highest BCUT2D eigenvalue weighted by atomic mass is 16.6. The Morgan fingerprint density at radius 3 is 2.88 bits per heavy atom. The Morgan fingerprint density at radius 2 is 2.27 bits per heavy atom. The van der Waals surface area contributed by atoms with E-state index in [4.69, 9.17) is 16.3 Å². The van der Waals surface area contributed by atoms with Gasteiger partial charge in [0.25, 0.3) is 0 Å². The van der Waals surface area contributed by atoms with Gasteiger partial charge in [0.2, 0.25) is 6.41 Å². The van der Waals surface area contributed by atoms with Crippen LogP contribution in [0.25, 0.3) is 11.0 Å². The Bertz CT molecular complexity index is 901. The fraction of sp³-hybridized carbons (Fsp3) is 0.400. The van der Waals surface area contributed by atoms with Crippen LogP contribution in [0.1, 0.15) is 18.7 Å². The van der Waals surface area contributed by atoms with E-state index in [1.807, 2.05) is 0 Å². The van der Waals surface area contributed by atoms with Gasteiger partial charge in [0.15, 0.2) is 6.23 Å². The van der Waals surface area contributed by atoms with E-state index in [1.54, 1.807) is 0 Å².